The van der Waals surface area contributed by atoms with Gasteiger partial charge in [-0.3, -0.25) is 4.79 Å². The number of anilines is 2. The van der Waals surface area contributed by atoms with Crippen LogP contribution in [0.25, 0.3) is 0 Å². The molecule has 86 valence electrons. The number of rotatable bonds is 2. The summed E-state index contributed by atoms with van der Waals surface area (Å²) in [6.45, 7) is 3.74. The molecule has 0 aromatic heterocycles. The van der Waals surface area contributed by atoms with Gasteiger partial charge < -0.3 is 10.6 Å². The molecular weight excluding hydrogens is 207 g/mol. The van der Waals surface area contributed by atoms with Gasteiger partial charge in [0.15, 0.2) is 0 Å². The second-order valence-electron chi connectivity index (χ2n) is 4.12. The number of aryl methyl sites for hydroxylation is 1. The molecule has 3 nitrogen and oxygen atoms in total. The van der Waals surface area contributed by atoms with Crippen LogP contribution >= 0.6 is 0 Å². The Morgan fingerprint density at radius 3 is 2.81 bits per heavy atom. The van der Waals surface area contributed by atoms with Gasteiger partial charge in [0.1, 0.15) is 11.9 Å². The predicted octanol–water partition coefficient (Wildman–Crippen LogP) is 2.67. The average molecular weight is 222 g/mol. The van der Waals surface area contributed by atoms with E-state index in [-0.39, 0.29) is 17.8 Å². The first-order valence-electron chi connectivity index (χ1n) is 5.49. The second-order valence-corrected chi connectivity index (χ2v) is 4.12. The van der Waals surface area contributed by atoms with Gasteiger partial charge in [0.25, 0.3) is 0 Å². The van der Waals surface area contributed by atoms with Crippen molar-refractivity contribution < 1.29 is 9.18 Å². The van der Waals surface area contributed by atoms with Crippen molar-refractivity contribution in [2.45, 2.75) is 32.7 Å². The van der Waals surface area contributed by atoms with E-state index in [4.69, 9.17) is 0 Å². The fraction of sp³-hybridized carbons (Fsp3) is 0.417. The third kappa shape index (κ3) is 1.87. The van der Waals surface area contributed by atoms with Crippen LogP contribution in [0.3, 0.4) is 0 Å². The Bertz CT molecular complexity index is 431. The smallest absolute Gasteiger partial charge is 0.246 e. The highest BCUT2D eigenvalue weighted by Gasteiger charge is 2.25. The van der Waals surface area contributed by atoms with Gasteiger partial charge in [0.05, 0.1) is 11.4 Å². The summed E-state index contributed by atoms with van der Waals surface area (Å²) >= 11 is 0. The van der Waals surface area contributed by atoms with Crippen LogP contribution in [0.2, 0.25) is 0 Å². The highest BCUT2D eigenvalue weighted by Crippen LogP contribution is 2.30. The Morgan fingerprint density at radius 2 is 2.12 bits per heavy atom. The van der Waals surface area contributed by atoms with Gasteiger partial charge in [-0.1, -0.05) is 13.3 Å². The van der Waals surface area contributed by atoms with E-state index < -0.39 is 0 Å². The van der Waals surface area contributed by atoms with Crippen molar-refractivity contribution in [2.75, 3.05) is 10.6 Å². The lowest BCUT2D eigenvalue weighted by atomic mass is 10.1. The third-order valence-electron chi connectivity index (χ3n) is 2.78. The maximum absolute atomic E-state index is 13.3. The van der Waals surface area contributed by atoms with Crippen molar-refractivity contribution in [2.24, 2.45) is 0 Å². The molecule has 2 rings (SSSR count). The largest absolute Gasteiger partial charge is 0.372 e. The normalized spacial score (nSPS) is 18.7. The maximum atomic E-state index is 13.3. The van der Waals surface area contributed by atoms with E-state index in [2.05, 4.69) is 10.6 Å². The summed E-state index contributed by atoms with van der Waals surface area (Å²) in [5, 5.41) is 5.86. The van der Waals surface area contributed by atoms with Crippen LogP contribution in [0.5, 0.6) is 0 Å². The van der Waals surface area contributed by atoms with Crippen molar-refractivity contribution in [3.8, 4) is 0 Å². The molecule has 16 heavy (non-hydrogen) atoms. The number of hydrogen-bond acceptors (Lipinski definition) is 2. The Balaban J connectivity index is 2.32. The minimum atomic E-state index is -0.296. The molecule has 4 heteroatoms. The van der Waals surface area contributed by atoms with Gasteiger partial charge in [-0.15, -0.1) is 0 Å². The molecule has 0 spiro atoms. The Labute approximate surface area is 94.0 Å². The lowest BCUT2D eigenvalue weighted by Crippen LogP contribution is -2.38. The molecule has 0 saturated carbocycles. The fourth-order valence-corrected chi connectivity index (χ4v) is 1.87. The molecule has 1 aromatic rings. The monoisotopic (exact) mass is 222 g/mol. The maximum Gasteiger partial charge on any atom is 0.246 e. The van der Waals surface area contributed by atoms with Crippen molar-refractivity contribution in [3.63, 3.8) is 0 Å². The molecule has 1 heterocycles. The minimum Gasteiger partial charge on any atom is -0.372 e. The molecule has 1 amide bonds. The molecule has 0 saturated heterocycles. The molecule has 1 unspecified atom stereocenters. The van der Waals surface area contributed by atoms with E-state index >= 15 is 0 Å². The Hall–Kier alpha value is -1.58. The lowest BCUT2D eigenvalue weighted by molar-refractivity contribution is -0.117. The number of nitrogens with one attached hydrogen (secondary N) is 2. The summed E-state index contributed by atoms with van der Waals surface area (Å²) in [6, 6.07) is 2.88. The number of halogens is 1. The number of carbonyl (C=O) groups excluding carboxylic acids is 1. The zero-order valence-electron chi connectivity index (χ0n) is 9.43. The van der Waals surface area contributed by atoms with Crippen molar-refractivity contribution in [1.82, 2.24) is 0 Å². The Morgan fingerprint density at radius 1 is 1.38 bits per heavy atom. The molecular formula is C12H15FN2O. The van der Waals surface area contributed by atoms with Gasteiger partial charge in [0, 0.05) is 0 Å². The van der Waals surface area contributed by atoms with Crippen molar-refractivity contribution >= 4 is 17.3 Å². The van der Waals surface area contributed by atoms with Crippen molar-refractivity contribution in [3.05, 3.63) is 23.5 Å². The minimum absolute atomic E-state index is 0.0856. The highest BCUT2D eigenvalue weighted by atomic mass is 19.1. The van der Waals surface area contributed by atoms with Gasteiger partial charge in [0.2, 0.25) is 5.91 Å². The Kier molecular flexibility index (Phi) is 2.81. The molecule has 0 fully saturated rings. The third-order valence-corrected chi connectivity index (χ3v) is 2.78. The molecule has 1 aromatic carbocycles. The number of hydrogen-bond donors (Lipinski definition) is 2. The van der Waals surface area contributed by atoms with E-state index in [9.17, 15) is 9.18 Å². The number of benzene rings is 1. The summed E-state index contributed by atoms with van der Waals surface area (Å²) in [6.07, 6.45) is 1.71. The number of fused-ring (bicyclic) bond motifs is 1. The van der Waals surface area contributed by atoms with Crippen molar-refractivity contribution in [1.29, 1.82) is 0 Å². The first-order chi connectivity index (χ1) is 7.61. The summed E-state index contributed by atoms with van der Waals surface area (Å²) in [5.74, 6) is -0.382. The fourth-order valence-electron chi connectivity index (χ4n) is 1.87. The number of carbonyl (C=O) groups is 1. The zero-order chi connectivity index (χ0) is 11.7. The van der Waals surface area contributed by atoms with Crippen LogP contribution in [0, 0.1) is 12.7 Å². The first-order valence-corrected chi connectivity index (χ1v) is 5.49. The molecule has 2 N–H and O–H groups in total. The SMILES string of the molecule is CCCC1Nc2cc(C)c(F)cc2NC1=O. The topological polar surface area (TPSA) is 41.1 Å². The second kappa shape index (κ2) is 4.12. The first kappa shape index (κ1) is 10.9. The number of amides is 1. The summed E-state index contributed by atoms with van der Waals surface area (Å²) in [5.41, 5.74) is 1.91. The van der Waals surface area contributed by atoms with Crippen LogP contribution < -0.4 is 10.6 Å². The van der Waals surface area contributed by atoms with E-state index in [0.29, 0.717) is 11.3 Å². The van der Waals surface area contributed by atoms with Gasteiger partial charge in [-0.05, 0) is 31.0 Å². The summed E-state index contributed by atoms with van der Waals surface area (Å²) in [4.78, 5) is 11.6. The highest BCUT2D eigenvalue weighted by molar-refractivity contribution is 6.03. The zero-order valence-corrected chi connectivity index (χ0v) is 9.43. The van der Waals surface area contributed by atoms with Gasteiger partial charge in [-0.2, -0.15) is 0 Å². The van der Waals surface area contributed by atoms with Crippen LogP contribution in [0.15, 0.2) is 12.1 Å². The van der Waals surface area contributed by atoms with E-state index in [1.165, 1.54) is 6.07 Å². The van der Waals surface area contributed by atoms with Crippen LogP contribution in [-0.2, 0) is 4.79 Å². The summed E-state index contributed by atoms with van der Waals surface area (Å²) < 4.78 is 13.3. The summed E-state index contributed by atoms with van der Waals surface area (Å²) in [7, 11) is 0. The molecule has 1 aliphatic rings. The standard InChI is InChI=1S/C12H15FN2O/c1-3-4-9-12(16)15-11-6-8(13)7(2)5-10(11)14-9/h5-6,9,14H,3-4H2,1-2H3,(H,15,16). The molecule has 0 aliphatic carbocycles. The quantitative estimate of drug-likeness (QED) is 0.807. The van der Waals surface area contributed by atoms with Gasteiger partial charge >= 0.3 is 0 Å². The van der Waals surface area contributed by atoms with Crippen LogP contribution in [0.1, 0.15) is 25.3 Å². The molecule has 1 atom stereocenters. The van der Waals surface area contributed by atoms with E-state index in [1.807, 2.05) is 6.92 Å². The van der Waals surface area contributed by atoms with E-state index in [0.717, 1.165) is 18.5 Å². The molecule has 1 aliphatic heterocycles. The van der Waals surface area contributed by atoms with Gasteiger partial charge in [-0.25, -0.2) is 4.39 Å². The average Bonchev–Trinajstić information content (AvgIpc) is 2.23. The molecule has 0 bridgehead atoms. The predicted molar refractivity (Wildman–Crippen MR) is 62.1 cm³/mol. The lowest BCUT2D eigenvalue weighted by Gasteiger charge is -2.27. The van der Waals surface area contributed by atoms with E-state index in [1.54, 1.807) is 13.0 Å². The van der Waals surface area contributed by atoms with Crippen LogP contribution in [-0.4, -0.2) is 11.9 Å². The van der Waals surface area contributed by atoms with Crippen LogP contribution in [0.4, 0.5) is 15.8 Å². The molecule has 0 radical (unpaired) electrons.